The molecule has 1 aromatic heterocycles. The van der Waals surface area contributed by atoms with Gasteiger partial charge in [0.25, 0.3) is 11.8 Å². The van der Waals surface area contributed by atoms with Gasteiger partial charge in [0.15, 0.2) is 5.82 Å². The number of hydrogen-bond acceptors (Lipinski definition) is 4. The third-order valence-corrected chi connectivity index (χ3v) is 4.70. The number of amides is 2. The normalized spacial score (nSPS) is 13.1. The number of halogens is 1. The van der Waals surface area contributed by atoms with Gasteiger partial charge in [-0.2, -0.15) is 0 Å². The number of anilines is 1. The minimum Gasteiger partial charge on any atom is -0.385 e. The lowest BCUT2D eigenvalue weighted by molar-refractivity contribution is 0.0942. The summed E-state index contributed by atoms with van der Waals surface area (Å²) in [5.41, 5.74) is 1.79. The first kappa shape index (κ1) is 19.4. The van der Waals surface area contributed by atoms with Gasteiger partial charge in [0.1, 0.15) is 5.69 Å². The molecule has 2 N–H and O–H groups in total. The third kappa shape index (κ3) is 4.67. The summed E-state index contributed by atoms with van der Waals surface area (Å²) in [5, 5.41) is 6.27. The van der Waals surface area contributed by atoms with Crippen molar-refractivity contribution in [3.8, 4) is 0 Å². The molecular formula is C19H23ClN4O3. The number of ether oxygens (including phenoxy) is 1. The first-order chi connectivity index (χ1) is 13.1. The molecule has 144 valence electrons. The lowest BCUT2D eigenvalue weighted by atomic mass is 10.1. The highest BCUT2D eigenvalue weighted by Gasteiger charge is 2.27. The number of imidazole rings is 1. The van der Waals surface area contributed by atoms with E-state index in [1.54, 1.807) is 31.4 Å². The number of carbonyl (C=O) groups excluding carboxylic acids is 2. The second kappa shape index (κ2) is 9.01. The molecular weight excluding hydrogens is 368 g/mol. The highest BCUT2D eigenvalue weighted by molar-refractivity contribution is 6.30. The SMILES string of the molecule is COCCCNC(=O)c1nc(C(=O)Nc2ccc(Cl)cc2)n2c1CCCC2. The van der Waals surface area contributed by atoms with Crippen molar-refractivity contribution in [1.29, 1.82) is 0 Å². The van der Waals surface area contributed by atoms with Gasteiger partial charge in [0, 0.05) is 37.5 Å². The number of fused-ring (bicyclic) bond motifs is 1. The van der Waals surface area contributed by atoms with Crippen LogP contribution < -0.4 is 10.6 Å². The highest BCUT2D eigenvalue weighted by atomic mass is 35.5. The number of hydrogen-bond donors (Lipinski definition) is 2. The average Bonchev–Trinajstić information content (AvgIpc) is 3.07. The van der Waals surface area contributed by atoms with Gasteiger partial charge in [-0.1, -0.05) is 11.6 Å². The zero-order valence-corrected chi connectivity index (χ0v) is 16.0. The lowest BCUT2D eigenvalue weighted by Gasteiger charge is -2.17. The van der Waals surface area contributed by atoms with Gasteiger partial charge in [-0.25, -0.2) is 4.98 Å². The monoisotopic (exact) mass is 390 g/mol. The molecule has 0 aliphatic carbocycles. The second-order valence-electron chi connectivity index (χ2n) is 6.40. The maximum atomic E-state index is 12.7. The summed E-state index contributed by atoms with van der Waals surface area (Å²) in [4.78, 5) is 29.7. The molecule has 1 aliphatic heterocycles. The zero-order chi connectivity index (χ0) is 19.2. The molecule has 0 saturated heterocycles. The van der Waals surface area contributed by atoms with Crippen molar-refractivity contribution in [2.75, 3.05) is 25.6 Å². The van der Waals surface area contributed by atoms with Crippen molar-refractivity contribution in [2.45, 2.75) is 32.2 Å². The molecule has 2 aromatic rings. The number of rotatable bonds is 7. The topological polar surface area (TPSA) is 85.2 Å². The Balaban J connectivity index is 1.78. The lowest BCUT2D eigenvalue weighted by Crippen LogP contribution is -2.27. The first-order valence-corrected chi connectivity index (χ1v) is 9.41. The van der Waals surface area contributed by atoms with Gasteiger partial charge in [-0.3, -0.25) is 9.59 Å². The summed E-state index contributed by atoms with van der Waals surface area (Å²) >= 11 is 5.88. The maximum absolute atomic E-state index is 12.7. The summed E-state index contributed by atoms with van der Waals surface area (Å²) in [6.45, 7) is 1.77. The largest absolute Gasteiger partial charge is 0.385 e. The minimum absolute atomic E-state index is 0.248. The molecule has 2 heterocycles. The molecule has 3 rings (SSSR count). The van der Waals surface area contributed by atoms with Crippen molar-refractivity contribution >= 4 is 29.1 Å². The Morgan fingerprint density at radius 2 is 2.00 bits per heavy atom. The Morgan fingerprint density at radius 1 is 1.22 bits per heavy atom. The summed E-state index contributed by atoms with van der Waals surface area (Å²) in [5.74, 6) is -0.317. The molecule has 1 aromatic carbocycles. The predicted octanol–water partition coefficient (Wildman–Crippen LogP) is 2.89. The number of aromatic nitrogens is 2. The van der Waals surface area contributed by atoms with Crippen LogP contribution in [-0.2, 0) is 17.7 Å². The van der Waals surface area contributed by atoms with E-state index in [1.165, 1.54) is 0 Å². The quantitative estimate of drug-likeness (QED) is 0.712. The standard InChI is InChI=1S/C19H23ClN4O3/c1-27-12-4-10-21-18(25)16-15-5-2-3-11-24(15)17(23-16)19(26)22-14-8-6-13(20)7-9-14/h6-9H,2-5,10-12H2,1H3,(H,21,25)(H,22,26). The van der Waals surface area contributed by atoms with E-state index in [-0.39, 0.29) is 17.6 Å². The Labute approximate surface area is 163 Å². The molecule has 0 bridgehead atoms. The number of benzene rings is 1. The van der Waals surface area contributed by atoms with Gasteiger partial charge >= 0.3 is 0 Å². The van der Waals surface area contributed by atoms with Gasteiger partial charge in [-0.05, 0) is 49.9 Å². The van der Waals surface area contributed by atoms with Crippen LogP contribution in [0.2, 0.25) is 5.02 Å². The Morgan fingerprint density at radius 3 is 2.74 bits per heavy atom. The number of nitrogens with one attached hydrogen (secondary N) is 2. The smallest absolute Gasteiger partial charge is 0.291 e. The molecule has 0 radical (unpaired) electrons. The summed E-state index contributed by atoms with van der Waals surface area (Å²) in [6.07, 6.45) is 3.40. The average molecular weight is 391 g/mol. The number of nitrogens with zero attached hydrogens (tertiary/aromatic N) is 2. The van der Waals surface area contributed by atoms with E-state index >= 15 is 0 Å². The third-order valence-electron chi connectivity index (χ3n) is 4.45. The van der Waals surface area contributed by atoms with E-state index in [9.17, 15) is 9.59 Å². The molecule has 0 fully saturated rings. The van der Waals surface area contributed by atoms with Gasteiger partial charge in [0.05, 0.1) is 5.69 Å². The van der Waals surface area contributed by atoms with Crippen LogP contribution in [0.1, 0.15) is 46.1 Å². The van der Waals surface area contributed by atoms with Crippen molar-refractivity contribution < 1.29 is 14.3 Å². The van der Waals surface area contributed by atoms with E-state index in [2.05, 4.69) is 15.6 Å². The fraction of sp³-hybridized carbons (Fsp3) is 0.421. The molecule has 0 spiro atoms. The van der Waals surface area contributed by atoms with E-state index in [0.717, 1.165) is 31.4 Å². The summed E-state index contributed by atoms with van der Waals surface area (Å²) < 4.78 is 6.85. The van der Waals surface area contributed by atoms with Crippen molar-refractivity contribution in [1.82, 2.24) is 14.9 Å². The van der Waals surface area contributed by atoms with E-state index in [1.807, 2.05) is 4.57 Å². The zero-order valence-electron chi connectivity index (χ0n) is 15.3. The van der Waals surface area contributed by atoms with Gasteiger partial charge in [-0.15, -0.1) is 0 Å². The molecule has 0 unspecified atom stereocenters. The predicted molar refractivity (Wildman–Crippen MR) is 103 cm³/mol. The van der Waals surface area contributed by atoms with Crippen LogP contribution in [0, 0.1) is 0 Å². The van der Waals surface area contributed by atoms with Gasteiger partial charge in [0.2, 0.25) is 0 Å². The second-order valence-corrected chi connectivity index (χ2v) is 6.84. The van der Waals surface area contributed by atoms with Crippen molar-refractivity contribution in [2.24, 2.45) is 0 Å². The van der Waals surface area contributed by atoms with E-state index in [4.69, 9.17) is 16.3 Å². The number of methoxy groups -OCH3 is 1. The van der Waals surface area contributed by atoms with Crippen LogP contribution >= 0.6 is 11.6 Å². The van der Waals surface area contributed by atoms with Crippen LogP contribution in [0.25, 0.3) is 0 Å². The summed E-state index contributed by atoms with van der Waals surface area (Å²) in [6, 6.07) is 6.86. The Bertz CT molecular complexity index is 817. The van der Waals surface area contributed by atoms with Crippen molar-refractivity contribution in [3.05, 3.63) is 46.5 Å². The molecule has 0 saturated carbocycles. The highest BCUT2D eigenvalue weighted by Crippen LogP contribution is 2.22. The molecule has 2 amide bonds. The van der Waals surface area contributed by atoms with Crippen LogP contribution in [0.15, 0.2) is 24.3 Å². The fourth-order valence-corrected chi connectivity index (χ4v) is 3.25. The van der Waals surface area contributed by atoms with Crippen LogP contribution in [-0.4, -0.2) is 41.6 Å². The van der Waals surface area contributed by atoms with Crippen LogP contribution in [0.4, 0.5) is 5.69 Å². The molecule has 0 atom stereocenters. The minimum atomic E-state index is -0.334. The van der Waals surface area contributed by atoms with Gasteiger partial charge < -0.3 is 19.9 Å². The van der Waals surface area contributed by atoms with Crippen molar-refractivity contribution in [3.63, 3.8) is 0 Å². The van der Waals surface area contributed by atoms with E-state index < -0.39 is 0 Å². The van der Waals surface area contributed by atoms with Crippen LogP contribution in [0.5, 0.6) is 0 Å². The molecule has 7 nitrogen and oxygen atoms in total. The fourth-order valence-electron chi connectivity index (χ4n) is 3.12. The Hall–Kier alpha value is -2.38. The maximum Gasteiger partial charge on any atom is 0.291 e. The first-order valence-electron chi connectivity index (χ1n) is 9.03. The van der Waals surface area contributed by atoms with E-state index in [0.29, 0.717) is 36.1 Å². The molecule has 27 heavy (non-hydrogen) atoms. The molecule has 8 heteroatoms. The molecule has 1 aliphatic rings. The summed E-state index contributed by atoms with van der Waals surface area (Å²) in [7, 11) is 1.62. The Kier molecular flexibility index (Phi) is 6.47. The number of carbonyl (C=O) groups is 2. The van der Waals surface area contributed by atoms with Crippen LogP contribution in [0.3, 0.4) is 0 Å².